The zero-order valence-corrected chi connectivity index (χ0v) is 16.1. The van der Waals surface area contributed by atoms with Gasteiger partial charge in [0, 0.05) is 28.6 Å². The van der Waals surface area contributed by atoms with Crippen molar-refractivity contribution < 1.29 is 13.6 Å². The van der Waals surface area contributed by atoms with Gasteiger partial charge in [0.1, 0.15) is 11.6 Å². The van der Waals surface area contributed by atoms with Crippen LogP contribution in [0.4, 0.5) is 14.5 Å². The first-order valence-electron chi connectivity index (χ1n) is 8.51. The minimum absolute atomic E-state index is 0.0368. The van der Waals surface area contributed by atoms with Gasteiger partial charge in [0.05, 0.1) is 29.2 Å². The Morgan fingerprint density at radius 3 is 2.61 bits per heavy atom. The predicted octanol–water partition coefficient (Wildman–Crippen LogP) is 4.84. The standard InChI is InChI=1S/C20H14ClF2N3OS/c21-16-2-1-3-17(23)19(16)14-8-18(27)26-10-25(11-28-20(26)15(14)9-24)13-6-4-12(22)5-7-13/h1-7,14H,8,10-11H2/t14-/m0/s1. The monoisotopic (exact) mass is 417 g/mol. The van der Waals surface area contributed by atoms with Gasteiger partial charge in [-0.15, -0.1) is 0 Å². The molecule has 1 fully saturated rings. The summed E-state index contributed by atoms with van der Waals surface area (Å²) in [5, 5.41) is 10.5. The summed E-state index contributed by atoms with van der Waals surface area (Å²) in [5.74, 6) is -1.30. The van der Waals surface area contributed by atoms with Crippen LogP contribution in [0.15, 0.2) is 53.1 Å². The first kappa shape index (κ1) is 18.8. The largest absolute Gasteiger partial charge is 0.344 e. The number of halogens is 3. The summed E-state index contributed by atoms with van der Waals surface area (Å²) in [6.45, 7) is 0.246. The van der Waals surface area contributed by atoms with E-state index < -0.39 is 11.7 Å². The number of carbonyl (C=O) groups excluding carboxylic acids is 1. The van der Waals surface area contributed by atoms with Crippen molar-refractivity contribution in [1.29, 1.82) is 5.26 Å². The number of benzene rings is 2. The molecule has 1 amide bonds. The van der Waals surface area contributed by atoms with Gasteiger partial charge in [-0.1, -0.05) is 29.4 Å². The van der Waals surface area contributed by atoms with Crippen molar-refractivity contribution in [2.75, 3.05) is 17.4 Å². The zero-order valence-electron chi connectivity index (χ0n) is 14.5. The molecule has 2 heterocycles. The summed E-state index contributed by atoms with van der Waals surface area (Å²) >= 11 is 7.51. The molecule has 0 bridgehead atoms. The van der Waals surface area contributed by atoms with Gasteiger partial charge in [-0.05, 0) is 36.4 Å². The summed E-state index contributed by atoms with van der Waals surface area (Å²) < 4.78 is 27.6. The fourth-order valence-corrected chi connectivity index (χ4v) is 4.93. The van der Waals surface area contributed by atoms with E-state index in [4.69, 9.17) is 11.6 Å². The maximum Gasteiger partial charge on any atom is 0.229 e. The van der Waals surface area contributed by atoms with Gasteiger partial charge < -0.3 is 4.90 Å². The summed E-state index contributed by atoms with van der Waals surface area (Å²) in [5.41, 5.74) is 1.30. The molecule has 2 aromatic rings. The predicted molar refractivity (Wildman–Crippen MR) is 104 cm³/mol. The molecule has 0 spiro atoms. The zero-order chi connectivity index (χ0) is 19.8. The minimum Gasteiger partial charge on any atom is -0.344 e. The lowest BCUT2D eigenvalue weighted by Gasteiger charge is -2.42. The second-order valence-electron chi connectivity index (χ2n) is 6.48. The van der Waals surface area contributed by atoms with Crippen LogP contribution >= 0.6 is 23.4 Å². The van der Waals surface area contributed by atoms with Crippen molar-refractivity contribution in [1.82, 2.24) is 4.90 Å². The molecule has 0 unspecified atom stereocenters. The van der Waals surface area contributed by atoms with Crippen LogP contribution in [0.5, 0.6) is 0 Å². The number of hydrogen-bond donors (Lipinski definition) is 0. The van der Waals surface area contributed by atoms with Crippen LogP contribution in [0.3, 0.4) is 0 Å². The molecule has 0 aromatic heterocycles. The Morgan fingerprint density at radius 1 is 1.18 bits per heavy atom. The topological polar surface area (TPSA) is 47.3 Å². The highest BCUT2D eigenvalue weighted by Gasteiger charge is 2.39. The molecular weight excluding hydrogens is 404 g/mol. The second-order valence-corrected chi connectivity index (χ2v) is 7.82. The Hall–Kier alpha value is -2.56. The third-order valence-corrected chi connectivity index (χ3v) is 6.32. The lowest BCUT2D eigenvalue weighted by molar-refractivity contribution is -0.129. The quantitative estimate of drug-likeness (QED) is 0.701. The Labute approximate surface area is 170 Å². The third-order valence-electron chi connectivity index (χ3n) is 4.83. The van der Waals surface area contributed by atoms with E-state index in [1.807, 2.05) is 4.90 Å². The van der Waals surface area contributed by atoms with Gasteiger partial charge in [-0.3, -0.25) is 9.69 Å². The van der Waals surface area contributed by atoms with Crippen molar-refractivity contribution in [2.45, 2.75) is 12.3 Å². The van der Waals surface area contributed by atoms with E-state index in [1.165, 1.54) is 40.9 Å². The summed E-state index contributed by atoms with van der Waals surface area (Å²) in [7, 11) is 0. The van der Waals surface area contributed by atoms with E-state index in [0.29, 0.717) is 16.5 Å². The molecular formula is C20H14ClF2N3OS. The highest BCUT2D eigenvalue weighted by molar-refractivity contribution is 8.03. The van der Waals surface area contributed by atoms with Crippen LogP contribution in [0.1, 0.15) is 17.9 Å². The normalized spacial score (nSPS) is 19.5. The fourth-order valence-electron chi connectivity index (χ4n) is 3.47. The Kier molecular flexibility index (Phi) is 5.00. The Balaban J connectivity index is 1.70. The van der Waals surface area contributed by atoms with Crippen LogP contribution in [0.25, 0.3) is 0 Å². The molecule has 0 aliphatic carbocycles. The molecule has 1 saturated heterocycles. The Bertz CT molecular complexity index is 999. The summed E-state index contributed by atoms with van der Waals surface area (Å²) in [4.78, 5) is 16.3. The van der Waals surface area contributed by atoms with Crippen LogP contribution < -0.4 is 4.90 Å². The molecule has 4 nitrogen and oxygen atoms in total. The van der Waals surface area contributed by atoms with Gasteiger partial charge >= 0.3 is 0 Å². The number of fused-ring (bicyclic) bond motifs is 1. The summed E-state index contributed by atoms with van der Waals surface area (Å²) in [6.07, 6.45) is -0.0368. The van der Waals surface area contributed by atoms with Crippen LogP contribution in [0.2, 0.25) is 5.02 Å². The lowest BCUT2D eigenvalue weighted by Crippen LogP contribution is -2.47. The van der Waals surface area contributed by atoms with Crippen molar-refractivity contribution in [3.05, 3.63) is 75.3 Å². The van der Waals surface area contributed by atoms with Crippen molar-refractivity contribution >= 4 is 35.0 Å². The Morgan fingerprint density at radius 2 is 1.93 bits per heavy atom. The van der Waals surface area contributed by atoms with E-state index in [0.717, 1.165) is 5.69 Å². The molecule has 2 aliphatic heterocycles. The number of amides is 1. The average Bonchev–Trinajstić information content (AvgIpc) is 2.68. The fraction of sp³-hybridized carbons (Fsp3) is 0.200. The molecule has 2 aromatic carbocycles. The SMILES string of the molecule is N#CC1=C2SCN(c3ccc(F)cc3)CN2C(=O)C[C@@H]1c1c(F)cccc1Cl. The molecule has 1 atom stereocenters. The van der Waals surface area contributed by atoms with Gasteiger partial charge in [0.2, 0.25) is 5.91 Å². The van der Waals surface area contributed by atoms with E-state index in [9.17, 15) is 18.8 Å². The van der Waals surface area contributed by atoms with E-state index >= 15 is 0 Å². The number of anilines is 1. The molecule has 8 heteroatoms. The maximum atomic E-state index is 14.4. The number of carbonyl (C=O) groups is 1. The van der Waals surface area contributed by atoms with Gasteiger partial charge in [-0.2, -0.15) is 5.26 Å². The number of allylic oxidation sites excluding steroid dienone is 1. The first-order chi connectivity index (χ1) is 13.5. The van der Waals surface area contributed by atoms with Crippen molar-refractivity contribution in [3.8, 4) is 6.07 Å². The van der Waals surface area contributed by atoms with Gasteiger partial charge in [-0.25, -0.2) is 8.78 Å². The number of rotatable bonds is 2. The smallest absolute Gasteiger partial charge is 0.229 e. The molecule has 2 aliphatic rings. The van der Waals surface area contributed by atoms with Crippen LogP contribution in [-0.2, 0) is 4.79 Å². The summed E-state index contributed by atoms with van der Waals surface area (Å²) in [6, 6.07) is 12.5. The van der Waals surface area contributed by atoms with Crippen LogP contribution in [-0.4, -0.2) is 23.4 Å². The van der Waals surface area contributed by atoms with Crippen molar-refractivity contribution in [3.63, 3.8) is 0 Å². The average molecular weight is 418 g/mol. The number of thioether (sulfide) groups is 1. The third kappa shape index (κ3) is 3.23. The van der Waals surface area contributed by atoms with Gasteiger partial charge in [0.25, 0.3) is 0 Å². The number of nitrogens with zero attached hydrogens (tertiary/aromatic N) is 3. The first-order valence-corrected chi connectivity index (χ1v) is 9.88. The minimum atomic E-state index is -0.706. The van der Waals surface area contributed by atoms with Crippen LogP contribution in [0, 0.1) is 23.0 Å². The molecule has 142 valence electrons. The highest BCUT2D eigenvalue weighted by atomic mass is 35.5. The van der Waals surface area contributed by atoms with Gasteiger partial charge in [0.15, 0.2) is 0 Å². The van der Waals surface area contributed by atoms with E-state index in [1.54, 1.807) is 18.2 Å². The lowest BCUT2D eigenvalue weighted by atomic mass is 9.86. The highest BCUT2D eigenvalue weighted by Crippen LogP contribution is 2.45. The molecule has 0 radical (unpaired) electrons. The van der Waals surface area contributed by atoms with E-state index in [2.05, 4.69) is 6.07 Å². The second kappa shape index (κ2) is 7.46. The van der Waals surface area contributed by atoms with E-state index in [-0.39, 0.29) is 35.4 Å². The maximum absolute atomic E-state index is 14.4. The molecule has 4 rings (SSSR count). The number of nitriles is 1. The molecule has 0 N–H and O–H groups in total. The van der Waals surface area contributed by atoms with Crippen molar-refractivity contribution in [2.24, 2.45) is 0 Å². The molecule has 0 saturated carbocycles. The number of hydrogen-bond acceptors (Lipinski definition) is 4. The molecule has 28 heavy (non-hydrogen) atoms.